The average Bonchev–Trinajstić information content (AvgIpc) is 2.45. The smallest absolute Gasteiger partial charge is 0.104 e. The summed E-state index contributed by atoms with van der Waals surface area (Å²) in [6.07, 6.45) is 1.27. The first-order chi connectivity index (χ1) is 9.15. The zero-order valence-electron chi connectivity index (χ0n) is 11.4. The van der Waals surface area contributed by atoms with Crippen molar-refractivity contribution in [2.24, 2.45) is 0 Å². The molecule has 0 aliphatic rings. The van der Waals surface area contributed by atoms with Crippen LogP contribution in [0, 0.1) is 0 Å². The van der Waals surface area contributed by atoms with E-state index in [4.69, 9.17) is 11.6 Å². The van der Waals surface area contributed by atoms with Crippen LogP contribution in [0.15, 0.2) is 42.5 Å². The Bertz CT molecular complexity index is 563. The maximum absolute atomic E-state index is 10.6. The number of aliphatic hydroxyl groups is 1. The Kier molecular flexibility index (Phi) is 4.62. The number of benzene rings is 2. The minimum atomic E-state index is -0.611. The molecule has 0 radical (unpaired) electrons. The van der Waals surface area contributed by atoms with Crippen molar-refractivity contribution < 1.29 is 5.11 Å². The molecule has 1 nitrogen and oxygen atoms in total. The van der Waals surface area contributed by atoms with E-state index in [2.05, 4.69) is 32.0 Å². The van der Waals surface area contributed by atoms with Crippen LogP contribution in [0.2, 0.25) is 5.02 Å². The molecule has 0 aromatic heterocycles. The highest BCUT2D eigenvalue weighted by Crippen LogP contribution is 2.28. The predicted molar refractivity (Wildman–Crippen MR) is 80.7 cm³/mol. The van der Waals surface area contributed by atoms with Crippen molar-refractivity contribution in [3.8, 4) is 0 Å². The van der Waals surface area contributed by atoms with E-state index < -0.39 is 6.10 Å². The molecule has 1 N–H and O–H groups in total. The Morgan fingerprint density at radius 2 is 1.84 bits per heavy atom. The molecule has 0 aliphatic carbocycles. The third kappa shape index (κ3) is 3.17. The van der Waals surface area contributed by atoms with Gasteiger partial charge in [0.25, 0.3) is 0 Å². The van der Waals surface area contributed by atoms with Crippen LogP contribution < -0.4 is 0 Å². The Hall–Kier alpha value is -1.31. The van der Waals surface area contributed by atoms with Crippen molar-refractivity contribution in [1.82, 2.24) is 0 Å². The van der Waals surface area contributed by atoms with Gasteiger partial charge in [0.15, 0.2) is 0 Å². The first kappa shape index (κ1) is 14.1. The lowest BCUT2D eigenvalue weighted by molar-refractivity contribution is 0.219. The molecular weight excluding hydrogens is 256 g/mol. The first-order valence-corrected chi connectivity index (χ1v) is 7.08. The number of aryl methyl sites for hydroxylation is 2. The maximum Gasteiger partial charge on any atom is 0.104 e. The third-order valence-electron chi connectivity index (χ3n) is 3.46. The second-order valence-electron chi connectivity index (χ2n) is 4.70. The van der Waals surface area contributed by atoms with Gasteiger partial charge in [-0.15, -0.1) is 0 Å². The van der Waals surface area contributed by atoms with Gasteiger partial charge < -0.3 is 5.11 Å². The molecule has 0 heterocycles. The number of aliphatic hydroxyl groups excluding tert-OH is 1. The predicted octanol–water partition coefficient (Wildman–Crippen LogP) is 4.55. The SMILES string of the molecule is CCc1ccc(CC)c(C(O)c2cccc(Cl)c2)c1. The second kappa shape index (κ2) is 6.23. The standard InChI is InChI=1S/C17H19ClO/c1-3-12-8-9-13(4-2)16(10-12)17(19)14-6-5-7-15(18)11-14/h5-11,17,19H,3-4H2,1-2H3. The van der Waals surface area contributed by atoms with Crippen molar-refractivity contribution >= 4 is 11.6 Å². The topological polar surface area (TPSA) is 20.2 Å². The van der Waals surface area contributed by atoms with Crippen molar-refractivity contribution in [1.29, 1.82) is 0 Å². The summed E-state index contributed by atoms with van der Waals surface area (Å²) in [6.45, 7) is 4.23. The van der Waals surface area contributed by atoms with Crippen LogP contribution >= 0.6 is 11.6 Å². The van der Waals surface area contributed by atoms with Gasteiger partial charge in [-0.2, -0.15) is 0 Å². The normalized spacial score (nSPS) is 12.4. The summed E-state index contributed by atoms with van der Waals surface area (Å²) in [4.78, 5) is 0. The summed E-state index contributed by atoms with van der Waals surface area (Å²) in [6, 6.07) is 13.8. The van der Waals surface area contributed by atoms with Crippen LogP contribution in [-0.4, -0.2) is 5.11 Å². The van der Waals surface area contributed by atoms with Crippen molar-refractivity contribution in [2.75, 3.05) is 0 Å². The van der Waals surface area contributed by atoms with Gasteiger partial charge in [0.1, 0.15) is 6.10 Å². The molecule has 0 amide bonds. The average molecular weight is 275 g/mol. The number of halogens is 1. The van der Waals surface area contributed by atoms with Gasteiger partial charge in [-0.3, -0.25) is 0 Å². The molecule has 1 unspecified atom stereocenters. The molecule has 0 spiro atoms. The van der Waals surface area contributed by atoms with Gasteiger partial charge in [0, 0.05) is 5.02 Å². The van der Waals surface area contributed by atoms with Crippen molar-refractivity contribution in [3.05, 3.63) is 69.7 Å². The van der Waals surface area contributed by atoms with Crippen molar-refractivity contribution in [3.63, 3.8) is 0 Å². The number of hydrogen-bond donors (Lipinski definition) is 1. The fraction of sp³-hybridized carbons (Fsp3) is 0.294. The molecule has 0 saturated heterocycles. The van der Waals surface area contributed by atoms with E-state index in [9.17, 15) is 5.11 Å². The van der Waals surface area contributed by atoms with Crippen LogP contribution in [-0.2, 0) is 12.8 Å². The highest BCUT2D eigenvalue weighted by atomic mass is 35.5. The lowest BCUT2D eigenvalue weighted by atomic mass is 9.93. The molecule has 2 heteroatoms. The van der Waals surface area contributed by atoms with Gasteiger partial charge in [-0.05, 0) is 47.2 Å². The lowest BCUT2D eigenvalue weighted by Gasteiger charge is -2.17. The Morgan fingerprint density at radius 3 is 2.47 bits per heavy atom. The molecule has 0 fully saturated rings. The third-order valence-corrected chi connectivity index (χ3v) is 3.69. The van der Waals surface area contributed by atoms with Crippen LogP contribution in [0.5, 0.6) is 0 Å². The highest BCUT2D eigenvalue weighted by Gasteiger charge is 2.14. The highest BCUT2D eigenvalue weighted by molar-refractivity contribution is 6.30. The monoisotopic (exact) mass is 274 g/mol. The van der Waals surface area contributed by atoms with Gasteiger partial charge in [0.2, 0.25) is 0 Å². The fourth-order valence-corrected chi connectivity index (χ4v) is 2.50. The fourth-order valence-electron chi connectivity index (χ4n) is 2.30. The molecule has 1 atom stereocenters. The van der Waals surface area contributed by atoms with Gasteiger partial charge in [-0.1, -0.05) is 55.8 Å². The zero-order valence-corrected chi connectivity index (χ0v) is 12.1. The Morgan fingerprint density at radius 1 is 1.05 bits per heavy atom. The van der Waals surface area contributed by atoms with E-state index in [1.165, 1.54) is 11.1 Å². The quantitative estimate of drug-likeness (QED) is 0.867. The van der Waals surface area contributed by atoms with Gasteiger partial charge in [-0.25, -0.2) is 0 Å². The van der Waals surface area contributed by atoms with Crippen LogP contribution in [0.25, 0.3) is 0 Å². The minimum Gasteiger partial charge on any atom is -0.384 e. The first-order valence-electron chi connectivity index (χ1n) is 6.71. The molecule has 19 heavy (non-hydrogen) atoms. The summed E-state index contributed by atoms with van der Waals surface area (Å²) < 4.78 is 0. The minimum absolute atomic E-state index is 0.611. The molecule has 2 aromatic carbocycles. The van der Waals surface area contributed by atoms with Crippen LogP contribution in [0.3, 0.4) is 0 Å². The molecule has 2 aromatic rings. The van der Waals surface area contributed by atoms with Crippen molar-refractivity contribution in [2.45, 2.75) is 32.8 Å². The Balaban J connectivity index is 2.44. The molecule has 0 bridgehead atoms. The molecule has 0 saturated carbocycles. The molecule has 100 valence electrons. The Labute approximate surface area is 119 Å². The molecule has 2 rings (SSSR count). The van der Waals surface area contributed by atoms with E-state index in [0.29, 0.717) is 5.02 Å². The van der Waals surface area contributed by atoms with E-state index in [1.807, 2.05) is 24.3 Å². The van der Waals surface area contributed by atoms with E-state index in [-0.39, 0.29) is 0 Å². The lowest BCUT2D eigenvalue weighted by Crippen LogP contribution is -2.04. The van der Waals surface area contributed by atoms with Gasteiger partial charge in [0.05, 0.1) is 0 Å². The molecular formula is C17H19ClO. The second-order valence-corrected chi connectivity index (χ2v) is 5.13. The van der Waals surface area contributed by atoms with E-state index in [1.54, 1.807) is 0 Å². The van der Waals surface area contributed by atoms with E-state index in [0.717, 1.165) is 24.0 Å². The van der Waals surface area contributed by atoms with Crippen LogP contribution in [0.1, 0.15) is 42.2 Å². The largest absolute Gasteiger partial charge is 0.384 e. The summed E-state index contributed by atoms with van der Waals surface area (Å²) in [7, 11) is 0. The summed E-state index contributed by atoms with van der Waals surface area (Å²) >= 11 is 6.00. The van der Waals surface area contributed by atoms with E-state index >= 15 is 0 Å². The number of hydrogen-bond acceptors (Lipinski definition) is 1. The summed E-state index contributed by atoms with van der Waals surface area (Å²) in [5.74, 6) is 0. The zero-order chi connectivity index (χ0) is 13.8. The summed E-state index contributed by atoms with van der Waals surface area (Å²) in [5.41, 5.74) is 4.26. The number of rotatable bonds is 4. The van der Waals surface area contributed by atoms with Gasteiger partial charge >= 0.3 is 0 Å². The maximum atomic E-state index is 10.6. The van der Waals surface area contributed by atoms with Crippen LogP contribution in [0.4, 0.5) is 0 Å². The summed E-state index contributed by atoms with van der Waals surface area (Å²) in [5, 5.41) is 11.2. The molecule has 0 aliphatic heterocycles.